The SMILES string of the molecule is CC1CCCCS(=O)(=O)O1. The predicted molar refractivity (Wildman–Crippen MR) is 38.2 cm³/mol. The fourth-order valence-corrected chi connectivity index (χ4v) is 2.31. The highest BCUT2D eigenvalue weighted by Gasteiger charge is 2.19. The van der Waals surface area contributed by atoms with Crippen LogP contribution in [-0.4, -0.2) is 20.3 Å². The van der Waals surface area contributed by atoms with Crippen LogP contribution in [0.25, 0.3) is 0 Å². The van der Waals surface area contributed by atoms with Gasteiger partial charge < -0.3 is 0 Å². The number of hydrogen-bond donors (Lipinski definition) is 0. The molecule has 1 heterocycles. The summed E-state index contributed by atoms with van der Waals surface area (Å²) in [6, 6.07) is 0. The van der Waals surface area contributed by atoms with Crippen molar-refractivity contribution in [2.24, 2.45) is 0 Å². The van der Waals surface area contributed by atoms with Crippen LogP contribution in [0.3, 0.4) is 0 Å². The van der Waals surface area contributed by atoms with E-state index in [4.69, 9.17) is 4.18 Å². The summed E-state index contributed by atoms with van der Waals surface area (Å²) in [6.07, 6.45) is 2.44. The molecule has 0 N–H and O–H groups in total. The van der Waals surface area contributed by atoms with E-state index in [9.17, 15) is 8.42 Å². The Morgan fingerprint density at radius 2 is 2.10 bits per heavy atom. The van der Waals surface area contributed by atoms with Crippen LogP contribution in [0.1, 0.15) is 26.2 Å². The van der Waals surface area contributed by atoms with E-state index < -0.39 is 10.1 Å². The fraction of sp³-hybridized carbons (Fsp3) is 1.00. The van der Waals surface area contributed by atoms with Gasteiger partial charge in [-0.25, -0.2) is 0 Å². The van der Waals surface area contributed by atoms with Gasteiger partial charge in [-0.15, -0.1) is 0 Å². The van der Waals surface area contributed by atoms with Gasteiger partial charge in [-0.2, -0.15) is 8.42 Å². The normalized spacial score (nSPS) is 33.1. The summed E-state index contributed by atoms with van der Waals surface area (Å²) in [5.41, 5.74) is 0. The highest BCUT2D eigenvalue weighted by molar-refractivity contribution is 7.86. The molecule has 1 unspecified atom stereocenters. The summed E-state index contributed by atoms with van der Waals surface area (Å²) in [7, 11) is -3.17. The molecule has 1 fully saturated rings. The van der Waals surface area contributed by atoms with Crippen LogP contribution in [0.2, 0.25) is 0 Å². The summed E-state index contributed by atoms with van der Waals surface area (Å²) in [6.45, 7) is 1.79. The van der Waals surface area contributed by atoms with Gasteiger partial charge in [0.1, 0.15) is 0 Å². The monoisotopic (exact) mass is 164 g/mol. The van der Waals surface area contributed by atoms with Crippen LogP contribution < -0.4 is 0 Å². The molecule has 1 saturated heterocycles. The Bertz CT molecular complexity index is 195. The van der Waals surface area contributed by atoms with Gasteiger partial charge in [0, 0.05) is 0 Å². The van der Waals surface area contributed by atoms with E-state index in [1.54, 1.807) is 6.92 Å². The average Bonchev–Trinajstić information content (AvgIpc) is 1.90. The van der Waals surface area contributed by atoms with E-state index >= 15 is 0 Å². The molecule has 0 radical (unpaired) electrons. The minimum atomic E-state index is -3.17. The largest absolute Gasteiger partial charge is 0.267 e. The van der Waals surface area contributed by atoms with E-state index in [0.717, 1.165) is 19.3 Å². The molecule has 0 aliphatic carbocycles. The summed E-state index contributed by atoms with van der Waals surface area (Å²) in [5.74, 6) is 0.192. The fourth-order valence-electron chi connectivity index (χ4n) is 1.06. The van der Waals surface area contributed by atoms with E-state index in [-0.39, 0.29) is 11.9 Å². The van der Waals surface area contributed by atoms with Crippen molar-refractivity contribution in [3.63, 3.8) is 0 Å². The Kier molecular flexibility index (Phi) is 2.31. The van der Waals surface area contributed by atoms with Gasteiger partial charge in [0.2, 0.25) is 0 Å². The second-order valence-corrected chi connectivity index (χ2v) is 4.38. The maximum Gasteiger partial charge on any atom is 0.267 e. The lowest BCUT2D eigenvalue weighted by molar-refractivity contribution is 0.224. The van der Waals surface area contributed by atoms with Crippen LogP contribution in [0.15, 0.2) is 0 Å². The number of rotatable bonds is 0. The molecule has 0 aromatic heterocycles. The molecule has 1 atom stereocenters. The first-order valence-electron chi connectivity index (χ1n) is 3.51. The van der Waals surface area contributed by atoms with Gasteiger partial charge in [-0.3, -0.25) is 4.18 Å². The summed E-state index contributed by atoms with van der Waals surface area (Å²) in [4.78, 5) is 0. The van der Waals surface area contributed by atoms with Gasteiger partial charge in [0.05, 0.1) is 11.9 Å². The molecule has 1 rings (SSSR count). The first-order chi connectivity index (χ1) is 4.60. The topological polar surface area (TPSA) is 43.4 Å². The molecule has 10 heavy (non-hydrogen) atoms. The maximum absolute atomic E-state index is 10.9. The maximum atomic E-state index is 10.9. The molecule has 0 aromatic rings. The molecule has 1 aliphatic heterocycles. The van der Waals surface area contributed by atoms with Crippen LogP contribution >= 0.6 is 0 Å². The van der Waals surface area contributed by atoms with Crippen molar-refractivity contribution in [1.29, 1.82) is 0 Å². The molecule has 0 spiro atoms. The third-order valence-electron chi connectivity index (χ3n) is 1.57. The van der Waals surface area contributed by atoms with E-state index in [1.165, 1.54) is 0 Å². The molecule has 1 aliphatic rings. The Morgan fingerprint density at radius 3 is 2.80 bits per heavy atom. The molecule has 0 amide bonds. The van der Waals surface area contributed by atoms with E-state index in [0.29, 0.717) is 0 Å². The van der Waals surface area contributed by atoms with Crippen molar-refractivity contribution in [3.8, 4) is 0 Å². The highest BCUT2D eigenvalue weighted by Crippen LogP contribution is 2.14. The average molecular weight is 164 g/mol. The van der Waals surface area contributed by atoms with Crippen LogP contribution in [0, 0.1) is 0 Å². The molecule has 60 valence electrons. The molecule has 3 nitrogen and oxygen atoms in total. The summed E-state index contributed by atoms with van der Waals surface area (Å²) >= 11 is 0. The Hall–Kier alpha value is -0.0900. The third-order valence-corrected chi connectivity index (χ3v) is 2.98. The van der Waals surface area contributed by atoms with Crippen LogP contribution in [0.5, 0.6) is 0 Å². The number of hydrogen-bond acceptors (Lipinski definition) is 3. The van der Waals surface area contributed by atoms with Gasteiger partial charge in [0.15, 0.2) is 0 Å². The minimum absolute atomic E-state index is 0.118. The van der Waals surface area contributed by atoms with Gasteiger partial charge in [-0.05, 0) is 26.2 Å². The van der Waals surface area contributed by atoms with Crippen LogP contribution in [-0.2, 0) is 14.3 Å². The van der Waals surface area contributed by atoms with Gasteiger partial charge in [-0.1, -0.05) is 0 Å². The first kappa shape index (κ1) is 8.01. The van der Waals surface area contributed by atoms with Crippen molar-refractivity contribution < 1.29 is 12.6 Å². The Labute approximate surface area is 61.5 Å². The molecule has 0 aromatic carbocycles. The smallest absolute Gasteiger partial charge is 0.267 e. The molecule has 0 saturated carbocycles. The zero-order valence-corrected chi connectivity index (χ0v) is 6.86. The predicted octanol–water partition coefficient (Wildman–Crippen LogP) is 0.905. The Morgan fingerprint density at radius 1 is 1.40 bits per heavy atom. The lowest BCUT2D eigenvalue weighted by atomic mass is 10.2. The lowest BCUT2D eigenvalue weighted by Gasteiger charge is -2.05. The van der Waals surface area contributed by atoms with Crippen molar-refractivity contribution >= 4 is 10.1 Å². The van der Waals surface area contributed by atoms with Crippen LogP contribution in [0.4, 0.5) is 0 Å². The van der Waals surface area contributed by atoms with Gasteiger partial charge in [0.25, 0.3) is 10.1 Å². The quantitative estimate of drug-likeness (QED) is 0.500. The van der Waals surface area contributed by atoms with Crippen molar-refractivity contribution in [2.75, 3.05) is 5.75 Å². The zero-order chi connectivity index (χ0) is 7.61. The molecule has 4 heteroatoms. The van der Waals surface area contributed by atoms with E-state index in [2.05, 4.69) is 0 Å². The lowest BCUT2D eigenvalue weighted by Crippen LogP contribution is -2.13. The van der Waals surface area contributed by atoms with Crippen molar-refractivity contribution in [2.45, 2.75) is 32.3 Å². The van der Waals surface area contributed by atoms with Crippen molar-refractivity contribution in [1.82, 2.24) is 0 Å². The Balaban J connectivity index is 2.64. The summed E-state index contributed by atoms with van der Waals surface area (Å²) in [5, 5.41) is 0. The molecular weight excluding hydrogens is 152 g/mol. The van der Waals surface area contributed by atoms with E-state index in [1.807, 2.05) is 0 Å². The highest BCUT2D eigenvalue weighted by atomic mass is 32.2. The summed E-state index contributed by atoms with van der Waals surface area (Å²) < 4.78 is 26.5. The first-order valence-corrected chi connectivity index (χ1v) is 5.09. The van der Waals surface area contributed by atoms with Crippen molar-refractivity contribution in [3.05, 3.63) is 0 Å². The second-order valence-electron chi connectivity index (χ2n) is 2.66. The third kappa shape index (κ3) is 2.27. The molecular formula is C6H12O3S. The van der Waals surface area contributed by atoms with Gasteiger partial charge >= 0.3 is 0 Å². The second kappa shape index (κ2) is 2.88. The molecule has 0 bridgehead atoms. The standard InChI is InChI=1S/C6H12O3S/c1-6-4-2-3-5-10(7,8)9-6/h6H,2-5H2,1H3. The minimum Gasteiger partial charge on any atom is -0.267 e. The zero-order valence-electron chi connectivity index (χ0n) is 6.04.